The molecular weight excluding hydrogens is 102 g/mol. The predicted octanol–water partition coefficient (Wildman–Crippen LogP) is 0.575. The molecular formula is C6H13NO. The summed E-state index contributed by atoms with van der Waals surface area (Å²) < 4.78 is 0. The van der Waals surface area contributed by atoms with Gasteiger partial charge >= 0.3 is 0 Å². The Hall–Kier alpha value is -0.370. The molecule has 0 heterocycles. The van der Waals surface area contributed by atoms with Crippen molar-refractivity contribution in [3.05, 3.63) is 0 Å². The second-order valence-electron chi connectivity index (χ2n) is 1.67. The van der Waals surface area contributed by atoms with Crippen LogP contribution in [0, 0.1) is 0 Å². The summed E-state index contributed by atoms with van der Waals surface area (Å²) in [4.78, 5) is 10.5. The first-order chi connectivity index (χ1) is 3.81. The molecule has 1 N–H and O–H groups in total. The Morgan fingerprint density at radius 2 is 2.12 bits per heavy atom. The number of ketones is 1. The molecule has 0 atom stereocenters. The number of nitrogens with one attached hydrogen (secondary N) is 1. The molecule has 0 saturated heterocycles. The number of carbonyl (C=O) groups is 1. The van der Waals surface area contributed by atoms with Gasteiger partial charge in [0, 0.05) is 6.42 Å². The lowest BCUT2D eigenvalue weighted by Gasteiger charge is -1.95. The summed E-state index contributed by atoms with van der Waals surface area (Å²) in [5.74, 6) is 0.284. The van der Waals surface area contributed by atoms with Crippen LogP contribution >= 0.6 is 0 Å². The van der Waals surface area contributed by atoms with Crippen molar-refractivity contribution in [3.8, 4) is 0 Å². The Kier molecular flexibility index (Phi) is 4.56. The Balaban J connectivity index is 2.99. The predicted molar refractivity (Wildman–Crippen MR) is 33.8 cm³/mol. The maximum atomic E-state index is 10.5. The van der Waals surface area contributed by atoms with E-state index in [1.165, 1.54) is 0 Å². The van der Waals surface area contributed by atoms with Crippen LogP contribution < -0.4 is 5.32 Å². The van der Waals surface area contributed by atoms with Gasteiger partial charge in [0.25, 0.3) is 0 Å². The fourth-order valence-electron chi connectivity index (χ4n) is 0.389. The highest BCUT2D eigenvalue weighted by Gasteiger charge is 1.92. The van der Waals surface area contributed by atoms with Gasteiger partial charge in [-0.1, -0.05) is 13.8 Å². The van der Waals surface area contributed by atoms with Crippen LogP contribution in [0.5, 0.6) is 0 Å². The third-order valence-electron chi connectivity index (χ3n) is 0.967. The Labute approximate surface area is 50.3 Å². The zero-order chi connectivity index (χ0) is 6.41. The molecule has 8 heavy (non-hydrogen) atoms. The maximum Gasteiger partial charge on any atom is 0.146 e. The number of hydrogen-bond acceptors (Lipinski definition) is 2. The molecule has 0 aliphatic heterocycles. The fraction of sp³-hybridized carbons (Fsp3) is 0.833. The molecule has 0 fully saturated rings. The van der Waals surface area contributed by atoms with Gasteiger partial charge in [-0.05, 0) is 6.54 Å². The molecule has 0 spiro atoms. The number of rotatable bonds is 4. The van der Waals surface area contributed by atoms with E-state index in [4.69, 9.17) is 0 Å². The van der Waals surface area contributed by atoms with Gasteiger partial charge in [0.1, 0.15) is 5.78 Å². The highest BCUT2D eigenvalue weighted by atomic mass is 16.1. The molecule has 48 valence electrons. The molecule has 0 aromatic heterocycles. The van der Waals surface area contributed by atoms with Crippen molar-refractivity contribution in [1.29, 1.82) is 0 Å². The average molecular weight is 115 g/mol. The highest BCUT2D eigenvalue weighted by molar-refractivity contribution is 5.79. The van der Waals surface area contributed by atoms with E-state index in [1.807, 2.05) is 13.8 Å². The second-order valence-corrected chi connectivity index (χ2v) is 1.67. The van der Waals surface area contributed by atoms with Crippen LogP contribution in [0.1, 0.15) is 20.3 Å². The Morgan fingerprint density at radius 1 is 1.50 bits per heavy atom. The molecule has 2 heteroatoms. The lowest BCUT2D eigenvalue weighted by Crippen LogP contribution is -2.21. The number of Topliss-reactive ketones (excluding diaryl/α,β-unsaturated/α-hetero) is 1. The molecule has 0 aliphatic rings. The van der Waals surface area contributed by atoms with E-state index >= 15 is 0 Å². The van der Waals surface area contributed by atoms with Gasteiger partial charge in [-0.3, -0.25) is 4.79 Å². The minimum absolute atomic E-state index is 0.284. The molecule has 2 nitrogen and oxygen atoms in total. The molecule has 0 aromatic carbocycles. The average Bonchev–Trinajstić information content (AvgIpc) is 1.83. The minimum atomic E-state index is 0.284. The van der Waals surface area contributed by atoms with E-state index in [0.717, 1.165) is 6.54 Å². The van der Waals surface area contributed by atoms with Crippen molar-refractivity contribution >= 4 is 5.78 Å². The van der Waals surface area contributed by atoms with Gasteiger partial charge < -0.3 is 5.32 Å². The molecule has 0 rings (SSSR count). The first-order valence-electron chi connectivity index (χ1n) is 3.03. The van der Waals surface area contributed by atoms with Crippen molar-refractivity contribution in [2.45, 2.75) is 20.3 Å². The van der Waals surface area contributed by atoms with E-state index in [2.05, 4.69) is 5.32 Å². The third kappa shape index (κ3) is 3.81. The summed E-state index contributed by atoms with van der Waals surface area (Å²) in [6, 6.07) is 0. The molecule has 0 saturated carbocycles. The van der Waals surface area contributed by atoms with Crippen molar-refractivity contribution < 1.29 is 4.79 Å². The lowest BCUT2D eigenvalue weighted by molar-refractivity contribution is -0.117. The van der Waals surface area contributed by atoms with Gasteiger partial charge in [-0.15, -0.1) is 0 Å². The maximum absolute atomic E-state index is 10.5. The molecule has 0 aromatic rings. The number of likely N-dealkylation sites (N-methyl/N-ethyl adjacent to an activating group) is 1. The monoisotopic (exact) mass is 115 g/mol. The molecule has 0 unspecified atom stereocenters. The zero-order valence-electron chi connectivity index (χ0n) is 5.53. The first kappa shape index (κ1) is 7.63. The molecule has 0 radical (unpaired) electrons. The zero-order valence-corrected chi connectivity index (χ0v) is 5.53. The topological polar surface area (TPSA) is 29.1 Å². The highest BCUT2D eigenvalue weighted by Crippen LogP contribution is 1.75. The van der Waals surface area contributed by atoms with Crippen molar-refractivity contribution in [3.63, 3.8) is 0 Å². The van der Waals surface area contributed by atoms with Gasteiger partial charge in [0.2, 0.25) is 0 Å². The molecule has 0 amide bonds. The van der Waals surface area contributed by atoms with Crippen LogP contribution in [-0.2, 0) is 4.79 Å². The van der Waals surface area contributed by atoms with Gasteiger partial charge in [-0.2, -0.15) is 0 Å². The SMILES string of the molecule is CCNCC(=O)CC. The van der Waals surface area contributed by atoms with Crippen molar-refractivity contribution in [2.75, 3.05) is 13.1 Å². The number of carbonyl (C=O) groups excluding carboxylic acids is 1. The largest absolute Gasteiger partial charge is 0.310 e. The standard InChI is InChI=1S/C6H13NO/c1-3-6(8)5-7-4-2/h7H,3-5H2,1-2H3. The lowest BCUT2D eigenvalue weighted by atomic mass is 10.3. The third-order valence-corrected chi connectivity index (χ3v) is 0.967. The van der Waals surface area contributed by atoms with Crippen LogP contribution in [0.4, 0.5) is 0 Å². The Morgan fingerprint density at radius 3 is 2.50 bits per heavy atom. The van der Waals surface area contributed by atoms with Crippen molar-refractivity contribution in [1.82, 2.24) is 5.32 Å². The quantitative estimate of drug-likeness (QED) is 0.580. The summed E-state index contributed by atoms with van der Waals surface area (Å²) in [7, 11) is 0. The van der Waals surface area contributed by atoms with Gasteiger partial charge in [-0.25, -0.2) is 0 Å². The van der Waals surface area contributed by atoms with E-state index in [-0.39, 0.29) is 5.78 Å². The molecule has 0 aliphatic carbocycles. The van der Waals surface area contributed by atoms with E-state index < -0.39 is 0 Å². The molecule has 0 bridgehead atoms. The summed E-state index contributed by atoms with van der Waals surface area (Å²) in [5, 5.41) is 2.95. The van der Waals surface area contributed by atoms with Crippen LogP contribution in [-0.4, -0.2) is 18.9 Å². The summed E-state index contributed by atoms with van der Waals surface area (Å²) >= 11 is 0. The Bertz CT molecular complexity index is 70.9. The van der Waals surface area contributed by atoms with E-state index in [9.17, 15) is 4.79 Å². The van der Waals surface area contributed by atoms with E-state index in [1.54, 1.807) is 0 Å². The fourth-order valence-corrected chi connectivity index (χ4v) is 0.389. The van der Waals surface area contributed by atoms with Crippen molar-refractivity contribution in [2.24, 2.45) is 0 Å². The van der Waals surface area contributed by atoms with Crippen LogP contribution in [0.15, 0.2) is 0 Å². The summed E-state index contributed by atoms with van der Waals surface area (Å²) in [6.07, 6.45) is 0.646. The first-order valence-corrected chi connectivity index (χ1v) is 3.03. The van der Waals surface area contributed by atoms with Crippen LogP contribution in [0.25, 0.3) is 0 Å². The smallest absolute Gasteiger partial charge is 0.146 e. The van der Waals surface area contributed by atoms with Gasteiger partial charge in [0.15, 0.2) is 0 Å². The summed E-state index contributed by atoms with van der Waals surface area (Å²) in [5.41, 5.74) is 0. The van der Waals surface area contributed by atoms with Crippen LogP contribution in [0.2, 0.25) is 0 Å². The summed E-state index contributed by atoms with van der Waals surface area (Å²) in [6.45, 7) is 5.28. The normalized spacial score (nSPS) is 9.25. The van der Waals surface area contributed by atoms with Crippen LogP contribution in [0.3, 0.4) is 0 Å². The van der Waals surface area contributed by atoms with E-state index in [0.29, 0.717) is 13.0 Å². The second kappa shape index (κ2) is 4.78. The van der Waals surface area contributed by atoms with Gasteiger partial charge in [0.05, 0.1) is 6.54 Å². The minimum Gasteiger partial charge on any atom is -0.310 e. The number of hydrogen-bond donors (Lipinski definition) is 1.